The maximum Gasteiger partial charge on any atom is 0.324 e. The molecular formula is C10H13N3O3S. The van der Waals surface area contributed by atoms with Crippen molar-refractivity contribution in [1.82, 2.24) is 10.2 Å². The van der Waals surface area contributed by atoms with E-state index in [9.17, 15) is 14.9 Å². The van der Waals surface area contributed by atoms with Crippen molar-refractivity contribution in [2.45, 2.75) is 6.42 Å². The first-order chi connectivity index (χ1) is 8.18. The van der Waals surface area contributed by atoms with E-state index in [4.69, 9.17) is 0 Å². The molecule has 2 heterocycles. The summed E-state index contributed by atoms with van der Waals surface area (Å²) in [5.41, 5.74) is 0.420. The van der Waals surface area contributed by atoms with Gasteiger partial charge >= 0.3 is 5.00 Å². The smallest absolute Gasteiger partial charge is 0.324 e. The van der Waals surface area contributed by atoms with E-state index < -0.39 is 4.92 Å². The zero-order valence-electron chi connectivity index (χ0n) is 9.22. The summed E-state index contributed by atoms with van der Waals surface area (Å²) >= 11 is 0.993. The van der Waals surface area contributed by atoms with E-state index in [2.05, 4.69) is 5.32 Å². The molecule has 17 heavy (non-hydrogen) atoms. The largest absolute Gasteiger partial charge is 0.337 e. The van der Waals surface area contributed by atoms with Crippen molar-refractivity contribution in [1.29, 1.82) is 0 Å². The summed E-state index contributed by atoms with van der Waals surface area (Å²) in [6.07, 6.45) is 0.915. The number of nitro groups is 1. The van der Waals surface area contributed by atoms with Gasteiger partial charge in [0.2, 0.25) is 0 Å². The average molecular weight is 255 g/mol. The van der Waals surface area contributed by atoms with E-state index in [1.165, 1.54) is 6.07 Å². The van der Waals surface area contributed by atoms with E-state index in [1.54, 1.807) is 10.3 Å². The Kier molecular flexibility index (Phi) is 3.70. The number of hydrogen-bond donors (Lipinski definition) is 1. The SMILES string of the molecule is O=C(c1csc([N+](=O)[O-])c1)N1CCCNCC1. The fourth-order valence-corrected chi connectivity index (χ4v) is 2.46. The van der Waals surface area contributed by atoms with Crippen molar-refractivity contribution in [3.8, 4) is 0 Å². The maximum absolute atomic E-state index is 12.1. The van der Waals surface area contributed by atoms with Crippen LogP contribution in [0.4, 0.5) is 5.00 Å². The highest BCUT2D eigenvalue weighted by atomic mass is 32.1. The Balaban J connectivity index is 2.09. The summed E-state index contributed by atoms with van der Waals surface area (Å²) in [7, 11) is 0. The van der Waals surface area contributed by atoms with Crippen LogP contribution in [0.5, 0.6) is 0 Å². The number of carbonyl (C=O) groups excluding carboxylic acids is 1. The predicted molar refractivity (Wildman–Crippen MR) is 64.4 cm³/mol. The molecule has 1 aliphatic rings. The Morgan fingerprint density at radius 2 is 2.29 bits per heavy atom. The van der Waals surface area contributed by atoms with Crippen LogP contribution < -0.4 is 5.32 Å². The Hall–Kier alpha value is -1.47. The maximum atomic E-state index is 12.1. The molecular weight excluding hydrogens is 242 g/mol. The molecule has 0 bridgehead atoms. The molecule has 6 nitrogen and oxygen atoms in total. The topological polar surface area (TPSA) is 75.5 Å². The van der Waals surface area contributed by atoms with Gasteiger partial charge in [-0.2, -0.15) is 0 Å². The van der Waals surface area contributed by atoms with Crippen LogP contribution in [0, 0.1) is 10.1 Å². The third-order valence-electron chi connectivity index (χ3n) is 2.64. The van der Waals surface area contributed by atoms with Crippen molar-refractivity contribution in [3.05, 3.63) is 27.1 Å². The third-order valence-corrected chi connectivity index (χ3v) is 3.52. The highest BCUT2D eigenvalue weighted by molar-refractivity contribution is 7.13. The molecule has 2 rings (SSSR count). The van der Waals surface area contributed by atoms with Gasteiger partial charge in [-0.1, -0.05) is 11.3 Å². The monoisotopic (exact) mass is 255 g/mol. The fourth-order valence-electron chi connectivity index (χ4n) is 1.76. The minimum atomic E-state index is -0.467. The number of thiophene rings is 1. The number of hydrogen-bond acceptors (Lipinski definition) is 5. The van der Waals surface area contributed by atoms with Crippen LogP contribution in [0.15, 0.2) is 11.4 Å². The lowest BCUT2D eigenvalue weighted by Gasteiger charge is -2.18. The standard InChI is InChI=1S/C10H13N3O3S/c14-10(12-4-1-2-11-3-5-12)8-6-9(13(15)16)17-7-8/h6-7,11H,1-5H2. The molecule has 92 valence electrons. The van der Waals surface area contributed by atoms with Gasteiger partial charge in [0, 0.05) is 31.1 Å². The van der Waals surface area contributed by atoms with Crippen molar-refractivity contribution in [2.24, 2.45) is 0 Å². The Labute approximate surface area is 102 Å². The molecule has 0 saturated carbocycles. The number of amides is 1. The highest BCUT2D eigenvalue weighted by Crippen LogP contribution is 2.23. The Bertz CT molecular complexity index is 424. The number of nitrogens with zero attached hydrogens (tertiary/aromatic N) is 2. The molecule has 1 saturated heterocycles. The second-order valence-electron chi connectivity index (χ2n) is 3.83. The minimum Gasteiger partial charge on any atom is -0.337 e. The minimum absolute atomic E-state index is 0.0151. The lowest BCUT2D eigenvalue weighted by atomic mass is 10.2. The second-order valence-corrected chi connectivity index (χ2v) is 4.72. The van der Waals surface area contributed by atoms with E-state index in [-0.39, 0.29) is 10.9 Å². The van der Waals surface area contributed by atoms with Crippen LogP contribution in [0.1, 0.15) is 16.8 Å². The summed E-state index contributed by atoms with van der Waals surface area (Å²) < 4.78 is 0. The van der Waals surface area contributed by atoms with Crippen LogP contribution in [0.2, 0.25) is 0 Å². The molecule has 1 fully saturated rings. The quantitative estimate of drug-likeness (QED) is 0.634. The summed E-state index contributed by atoms with van der Waals surface area (Å²) in [4.78, 5) is 23.9. The van der Waals surface area contributed by atoms with Gasteiger partial charge in [0.15, 0.2) is 0 Å². The summed E-state index contributed by atoms with van der Waals surface area (Å²) in [6, 6.07) is 1.35. The van der Waals surface area contributed by atoms with E-state index in [1.807, 2.05) is 0 Å². The second kappa shape index (κ2) is 5.24. The number of rotatable bonds is 2. The summed E-state index contributed by atoms with van der Waals surface area (Å²) in [5, 5.41) is 15.3. The van der Waals surface area contributed by atoms with Crippen molar-refractivity contribution < 1.29 is 9.72 Å². The normalized spacial score (nSPS) is 16.6. The molecule has 1 aromatic rings. The zero-order chi connectivity index (χ0) is 12.3. The van der Waals surface area contributed by atoms with E-state index in [0.717, 1.165) is 30.8 Å². The molecule has 1 N–H and O–H groups in total. The highest BCUT2D eigenvalue weighted by Gasteiger charge is 2.20. The third kappa shape index (κ3) is 2.80. The van der Waals surface area contributed by atoms with Gasteiger partial charge in [-0.05, 0) is 13.0 Å². The molecule has 0 aliphatic carbocycles. The van der Waals surface area contributed by atoms with E-state index in [0.29, 0.717) is 18.7 Å². The lowest BCUT2D eigenvalue weighted by Crippen LogP contribution is -2.33. The van der Waals surface area contributed by atoms with Crippen molar-refractivity contribution >= 4 is 22.2 Å². The van der Waals surface area contributed by atoms with Crippen LogP contribution in [0.25, 0.3) is 0 Å². The molecule has 1 aromatic heterocycles. The predicted octanol–water partition coefficient (Wildman–Crippen LogP) is 1.09. The fraction of sp³-hybridized carbons (Fsp3) is 0.500. The van der Waals surface area contributed by atoms with Crippen LogP contribution in [0.3, 0.4) is 0 Å². The van der Waals surface area contributed by atoms with Crippen LogP contribution in [-0.2, 0) is 0 Å². The van der Waals surface area contributed by atoms with Crippen LogP contribution >= 0.6 is 11.3 Å². The number of carbonyl (C=O) groups is 1. The van der Waals surface area contributed by atoms with Gasteiger partial charge < -0.3 is 10.2 Å². The molecule has 1 aliphatic heterocycles. The molecule has 0 unspecified atom stereocenters. The van der Waals surface area contributed by atoms with Gasteiger partial charge in [-0.15, -0.1) is 0 Å². The van der Waals surface area contributed by atoms with E-state index >= 15 is 0 Å². The molecule has 0 atom stereocenters. The van der Waals surface area contributed by atoms with Crippen molar-refractivity contribution in [3.63, 3.8) is 0 Å². The molecule has 1 amide bonds. The molecule has 0 aromatic carbocycles. The first-order valence-corrected chi connectivity index (χ1v) is 6.29. The van der Waals surface area contributed by atoms with Gasteiger partial charge in [0.05, 0.1) is 10.5 Å². The molecule has 0 radical (unpaired) electrons. The molecule has 7 heteroatoms. The Morgan fingerprint density at radius 3 is 3.00 bits per heavy atom. The average Bonchev–Trinajstić information content (AvgIpc) is 2.65. The van der Waals surface area contributed by atoms with Crippen LogP contribution in [-0.4, -0.2) is 41.9 Å². The number of nitrogens with one attached hydrogen (secondary N) is 1. The van der Waals surface area contributed by atoms with Crippen molar-refractivity contribution in [2.75, 3.05) is 26.2 Å². The van der Waals surface area contributed by atoms with Gasteiger partial charge in [0.1, 0.15) is 0 Å². The van der Waals surface area contributed by atoms with Gasteiger partial charge in [0.25, 0.3) is 5.91 Å². The summed E-state index contributed by atoms with van der Waals surface area (Å²) in [6.45, 7) is 3.05. The Morgan fingerprint density at radius 1 is 1.47 bits per heavy atom. The zero-order valence-corrected chi connectivity index (χ0v) is 10.0. The first kappa shape index (κ1) is 12.0. The lowest BCUT2D eigenvalue weighted by molar-refractivity contribution is -0.380. The van der Waals surface area contributed by atoms with Gasteiger partial charge in [-0.3, -0.25) is 14.9 Å². The first-order valence-electron chi connectivity index (χ1n) is 5.41. The molecule has 0 spiro atoms. The van der Waals surface area contributed by atoms with Gasteiger partial charge in [-0.25, -0.2) is 0 Å². The summed E-state index contributed by atoms with van der Waals surface area (Å²) in [5.74, 6) is -0.113.